The molecule has 30 valence electrons. The van der Waals surface area contributed by atoms with Gasteiger partial charge in [-0.05, 0) is 0 Å². The van der Waals surface area contributed by atoms with Crippen LogP contribution in [-0.2, 0) is 0 Å². The third kappa shape index (κ3) is 37.5. The summed E-state index contributed by atoms with van der Waals surface area (Å²) in [5.41, 5.74) is 0. The van der Waals surface area contributed by atoms with Crippen LogP contribution in [0.3, 0.4) is 0 Å². The van der Waals surface area contributed by atoms with E-state index < -0.39 is 7.73 Å². The first-order valence-corrected chi connectivity index (χ1v) is 2.62. The second kappa shape index (κ2) is 5.18. The molecule has 0 bridgehead atoms. The molecule has 0 aromatic heterocycles. The zero-order chi connectivity index (χ0) is 3.58. The molecule has 0 aliphatic carbocycles. The summed E-state index contributed by atoms with van der Waals surface area (Å²) >= 11 is 4.23. The molecule has 0 aliphatic rings. The second-order valence-electron chi connectivity index (χ2n) is 0.213. The minimum atomic E-state index is -2.65. The van der Waals surface area contributed by atoms with Crippen molar-refractivity contribution < 1.29 is 9.79 Å². The third-order valence-electron chi connectivity index (χ3n) is 0. The molecule has 0 fully saturated rings. The van der Waals surface area contributed by atoms with E-state index in [4.69, 9.17) is 9.79 Å². The topological polar surface area (TPSA) is 46.1 Å². The van der Waals surface area contributed by atoms with E-state index >= 15 is 0 Å². The monoisotopic (exact) mass is 174 g/mol. The van der Waals surface area contributed by atoms with Crippen molar-refractivity contribution in [3.63, 3.8) is 0 Å². The molecular formula is H2ClGeO2P. The first kappa shape index (κ1) is 9.49. The fraction of sp³-hybridized carbons (Fsp3) is 0. The summed E-state index contributed by atoms with van der Waals surface area (Å²) in [7, 11) is -2.65. The third-order valence-corrected chi connectivity index (χ3v) is 0. The van der Waals surface area contributed by atoms with Crippen LogP contribution >= 0.6 is 19.0 Å². The van der Waals surface area contributed by atoms with Crippen molar-refractivity contribution in [2.24, 2.45) is 0 Å². The van der Waals surface area contributed by atoms with Gasteiger partial charge in [-0.25, -0.2) is 7.73 Å². The van der Waals surface area contributed by atoms with E-state index in [1.807, 2.05) is 0 Å². The van der Waals surface area contributed by atoms with Crippen molar-refractivity contribution in [1.82, 2.24) is 0 Å². The van der Waals surface area contributed by atoms with Crippen LogP contribution in [0, 0.1) is 0 Å². The molecule has 0 amide bonds. The van der Waals surface area contributed by atoms with Crippen molar-refractivity contribution >= 4 is 36.6 Å². The molecule has 0 unspecified atom stereocenters. The summed E-state index contributed by atoms with van der Waals surface area (Å²) < 4.78 is 0. The molecule has 0 aromatic carbocycles. The Kier molecular flexibility index (Phi) is 9.84. The van der Waals surface area contributed by atoms with Gasteiger partial charge in [0.15, 0.2) is 0 Å². The number of hydrogen-bond acceptors (Lipinski definition) is 2. The first-order valence-electron chi connectivity index (χ1n) is 0.534. The summed E-state index contributed by atoms with van der Waals surface area (Å²) in [5, 5.41) is 0. The second-order valence-corrected chi connectivity index (χ2v) is 1.47. The molecule has 0 saturated carbocycles. The molecule has 0 aromatic rings. The standard InChI is InChI=1S/ClO2P.GeH2/c1-4(2)3;/h;1H2/q-2;+2. The molecule has 0 atom stereocenters. The Balaban J connectivity index is 0. The molecule has 5 heteroatoms. The zero-order valence-corrected chi connectivity index (χ0v) is 6.97. The Bertz CT molecular complexity index is 14.4. The number of rotatable bonds is 0. The van der Waals surface area contributed by atoms with E-state index in [1.165, 1.54) is 0 Å². The number of hydrogen-bond donors (Lipinski definition) is 0. The van der Waals surface area contributed by atoms with E-state index in [2.05, 4.69) is 11.2 Å². The summed E-state index contributed by atoms with van der Waals surface area (Å²) in [6.07, 6.45) is 0. The normalized spacial score (nSPS) is 7.20. The SMILES string of the molecule is [GeH2+2].[O-]P([O-])Cl. The zero-order valence-electron chi connectivity index (χ0n) is 2.35. The smallest absolute Gasteiger partial charge is 0.134 e. The van der Waals surface area contributed by atoms with Gasteiger partial charge in [-0.1, -0.05) is 0 Å². The van der Waals surface area contributed by atoms with Crippen LogP contribution < -0.4 is 9.79 Å². The quantitative estimate of drug-likeness (QED) is 0.322. The molecule has 5 heavy (non-hydrogen) atoms. The van der Waals surface area contributed by atoms with Crippen molar-refractivity contribution in [3.8, 4) is 0 Å². The molecule has 0 radical (unpaired) electrons. The van der Waals surface area contributed by atoms with Gasteiger partial charge in [0.1, 0.15) is 0 Å². The maximum Gasteiger partial charge on any atom is -0.134 e. The summed E-state index contributed by atoms with van der Waals surface area (Å²) in [5.74, 6) is 0. The Morgan fingerprint density at radius 1 is 1.40 bits per heavy atom. The van der Waals surface area contributed by atoms with Crippen LogP contribution in [0.5, 0.6) is 0 Å². The van der Waals surface area contributed by atoms with Gasteiger partial charge in [-0.3, -0.25) is 0 Å². The average Bonchev–Trinajstić information content (AvgIpc) is 0.811. The van der Waals surface area contributed by atoms with Gasteiger partial charge in [0.05, 0.1) is 0 Å². The molecule has 2 nitrogen and oxygen atoms in total. The predicted octanol–water partition coefficient (Wildman–Crippen LogP) is -1.74. The van der Waals surface area contributed by atoms with Gasteiger partial charge in [0, 0.05) is 0 Å². The molecule has 0 saturated heterocycles. The van der Waals surface area contributed by atoms with E-state index in [-0.39, 0.29) is 17.6 Å². The maximum atomic E-state index is 8.80. The molecule has 0 rings (SSSR count). The molecular weight excluding hydrogens is 171 g/mol. The summed E-state index contributed by atoms with van der Waals surface area (Å²) in [6.45, 7) is 0. The van der Waals surface area contributed by atoms with Crippen molar-refractivity contribution in [1.29, 1.82) is 0 Å². The average molecular weight is 173 g/mol. The van der Waals surface area contributed by atoms with Crippen LogP contribution in [0.4, 0.5) is 0 Å². The Morgan fingerprint density at radius 2 is 1.40 bits per heavy atom. The van der Waals surface area contributed by atoms with Crippen LogP contribution in [0.2, 0.25) is 0 Å². The molecule has 0 spiro atoms. The number of halogens is 1. The van der Waals surface area contributed by atoms with Crippen LogP contribution in [0.1, 0.15) is 0 Å². The van der Waals surface area contributed by atoms with Crippen LogP contribution in [-0.4, -0.2) is 17.6 Å². The molecule has 0 N–H and O–H groups in total. The van der Waals surface area contributed by atoms with E-state index in [9.17, 15) is 0 Å². The minimum Gasteiger partial charge on any atom is -0.830 e. The minimum absolute atomic E-state index is 0. The van der Waals surface area contributed by atoms with Crippen molar-refractivity contribution in [3.05, 3.63) is 0 Å². The Hall–Kier alpha value is 1.18. The molecule has 0 heterocycles. The first-order chi connectivity index (χ1) is 1.73. The van der Waals surface area contributed by atoms with Gasteiger partial charge in [-0.2, -0.15) is 0 Å². The molecule has 0 aliphatic heterocycles. The largest absolute Gasteiger partial charge is 0.830 e. The fourth-order valence-electron chi connectivity index (χ4n) is 0. The van der Waals surface area contributed by atoms with Gasteiger partial charge in [-0.15, -0.1) is 11.2 Å². The van der Waals surface area contributed by atoms with Gasteiger partial charge in [0.2, 0.25) is 0 Å². The van der Waals surface area contributed by atoms with E-state index in [0.29, 0.717) is 0 Å². The van der Waals surface area contributed by atoms with Gasteiger partial charge >= 0.3 is 17.6 Å². The van der Waals surface area contributed by atoms with Crippen molar-refractivity contribution in [2.45, 2.75) is 0 Å². The fourth-order valence-corrected chi connectivity index (χ4v) is 0. The maximum absolute atomic E-state index is 8.80. The van der Waals surface area contributed by atoms with Gasteiger partial charge < -0.3 is 9.79 Å². The van der Waals surface area contributed by atoms with Crippen molar-refractivity contribution in [2.75, 3.05) is 0 Å². The van der Waals surface area contributed by atoms with Crippen LogP contribution in [0.25, 0.3) is 0 Å². The van der Waals surface area contributed by atoms with E-state index in [0.717, 1.165) is 0 Å². The summed E-state index contributed by atoms with van der Waals surface area (Å²) in [6, 6.07) is 0. The summed E-state index contributed by atoms with van der Waals surface area (Å²) in [4.78, 5) is 17.6. The van der Waals surface area contributed by atoms with Gasteiger partial charge in [0.25, 0.3) is 0 Å². The predicted molar refractivity (Wildman–Crippen MR) is 21.3 cm³/mol. The Labute approximate surface area is 46.8 Å². The van der Waals surface area contributed by atoms with Crippen LogP contribution in [0.15, 0.2) is 0 Å². The Morgan fingerprint density at radius 3 is 1.40 bits per heavy atom. The van der Waals surface area contributed by atoms with E-state index in [1.54, 1.807) is 0 Å².